The van der Waals surface area contributed by atoms with E-state index in [0.717, 1.165) is 5.56 Å². The third-order valence-corrected chi connectivity index (χ3v) is 4.93. The zero-order chi connectivity index (χ0) is 20.6. The molecule has 9 heteroatoms. The van der Waals surface area contributed by atoms with E-state index in [1.165, 1.54) is 24.5 Å². The molecule has 7 nitrogen and oxygen atoms in total. The molecule has 0 saturated heterocycles. The monoisotopic (exact) mass is 406 g/mol. The van der Waals surface area contributed by atoms with Gasteiger partial charge in [-0.05, 0) is 42.3 Å². The maximum absolute atomic E-state index is 13.1. The lowest BCUT2D eigenvalue weighted by Gasteiger charge is -2.12. The van der Waals surface area contributed by atoms with Crippen molar-refractivity contribution in [3.63, 3.8) is 0 Å². The molecule has 0 radical (unpaired) electrons. The topological polar surface area (TPSA) is 99.7 Å². The molecule has 150 valence electrons. The number of benzene rings is 2. The number of nitrogens with zero attached hydrogens (tertiary/aromatic N) is 1. The van der Waals surface area contributed by atoms with Crippen LogP contribution in [0.25, 0.3) is 0 Å². The number of amides is 1. The molecule has 0 atom stereocenters. The van der Waals surface area contributed by atoms with Gasteiger partial charge in [0.2, 0.25) is 5.91 Å². The highest BCUT2D eigenvalue weighted by Gasteiger charge is 2.07. The Bertz CT molecular complexity index is 944. The van der Waals surface area contributed by atoms with Gasteiger partial charge in [0, 0.05) is 25.5 Å². The van der Waals surface area contributed by atoms with Gasteiger partial charge in [0.1, 0.15) is 5.82 Å². The van der Waals surface area contributed by atoms with Crippen LogP contribution in [0.3, 0.4) is 0 Å². The summed E-state index contributed by atoms with van der Waals surface area (Å²) in [5.41, 5.74) is 1.35. The Hall–Kier alpha value is -2.94. The molecule has 0 aliphatic rings. The molecule has 28 heavy (non-hydrogen) atoms. The maximum atomic E-state index is 13.1. The Balaban J connectivity index is 1.76. The first-order valence-electron chi connectivity index (χ1n) is 8.57. The summed E-state index contributed by atoms with van der Waals surface area (Å²) in [6.07, 6.45) is 1.82. The van der Waals surface area contributed by atoms with Crippen LogP contribution < -0.4 is 16.0 Å². The van der Waals surface area contributed by atoms with Crippen molar-refractivity contribution in [3.8, 4) is 0 Å². The summed E-state index contributed by atoms with van der Waals surface area (Å²) in [7, 11) is -1.62. The standard InChI is InChI=1S/C19H23FN4O3S/c1-21-19(23-13-18(25)24-16-5-3-4-15(20)12-16)22-11-10-14-6-8-17(9-7-14)28(2,26)27/h3-9,12H,10-11,13H2,1-2H3,(H,24,25)(H2,21,22,23). The average Bonchev–Trinajstić information content (AvgIpc) is 2.64. The van der Waals surface area contributed by atoms with Gasteiger partial charge in [-0.1, -0.05) is 18.2 Å². The van der Waals surface area contributed by atoms with Crippen LogP contribution in [0.5, 0.6) is 0 Å². The molecule has 0 unspecified atom stereocenters. The van der Waals surface area contributed by atoms with Crippen molar-refractivity contribution in [2.24, 2.45) is 4.99 Å². The second-order valence-electron chi connectivity index (χ2n) is 6.08. The van der Waals surface area contributed by atoms with Crippen molar-refractivity contribution in [2.75, 3.05) is 31.7 Å². The molecule has 2 aromatic rings. The number of guanidine groups is 1. The highest BCUT2D eigenvalue weighted by Crippen LogP contribution is 2.10. The number of aliphatic imine (C=N–C) groups is 1. The van der Waals surface area contributed by atoms with E-state index in [2.05, 4.69) is 20.9 Å². The molecular formula is C19H23FN4O3S. The molecule has 1 amide bonds. The van der Waals surface area contributed by atoms with E-state index in [0.29, 0.717) is 24.6 Å². The SMILES string of the molecule is CN=C(NCCc1ccc(S(C)(=O)=O)cc1)NCC(=O)Nc1cccc(F)c1. The van der Waals surface area contributed by atoms with Crippen molar-refractivity contribution in [1.29, 1.82) is 0 Å². The van der Waals surface area contributed by atoms with E-state index in [1.807, 2.05) is 0 Å². The van der Waals surface area contributed by atoms with Crippen LogP contribution in [0.1, 0.15) is 5.56 Å². The zero-order valence-corrected chi connectivity index (χ0v) is 16.5. The molecule has 0 aliphatic heterocycles. The fourth-order valence-electron chi connectivity index (χ4n) is 2.38. The first-order chi connectivity index (χ1) is 13.3. The first kappa shape index (κ1) is 21.4. The third kappa shape index (κ3) is 6.99. The quantitative estimate of drug-likeness (QED) is 0.479. The smallest absolute Gasteiger partial charge is 0.243 e. The summed E-state index contributed by atoms with van der Waals surface area (Å²) in [6, 6.07) is 12.3. The summed E-state index contributed by atoms with van der Waals surface area (Å²) in [4.78, 5) is 16.2. The van der Waals surface area contributed by atoms with Crippen molar-refractivity contribution in [1.82, 2.24) is 10.6 Å². The molecule has 3 N–H and O–H groups in total. The van der Waals surface area contributed by atoms with E-state index in [4.69, 9.17) is 0 Å². The number of anilines is 1. The summed E-state index contributed by atoms with van der Waals surface area (Å²) in [5.74, 6) is -0.306. The number of sulfone groups is 1. The second-order valence-corrected chi connectivity index (χ2v) is 8.09. The lowest BCUT2D eigenvalue weighted by Crippen LogP contribution is -2.42. The minimum Gasteiger partial charge on any atom is -0.356 e. The van der Waals surface area contributed by atoms with Crippen molar-refractivity contribution in [2.45, 2.75) is 11.3 Å². The number of carbonyl (C=O) groups is 1. The predicted molar refractivity (Wildman–Crippen MR) is 108 cm³/mol. The molecule has 2 rings (SSSR count). The van der Waals surface area contributed by atoms with Crippen LogP contribution >= 0.6 is 0 Å². The number of hydrogen-bond donors (Lipinski definition) is 3. The van der Waals surface area contributed by atoms with Crippen LogP contribution in [0, 0.1) is 5.82 Å². The zero-order valence-electron chi connectivity index (χ0n) is 15.7. The van der Waals surface area contributed by atoms with Gasteiger partial charge in [0.15, 0.2) is 15.8 Å². The second kappa shape index (κ2) is 9.84. The molecule has 0 heterocycles. The van der Waals surface area contributed by atoms with E-state index in [1.54, 1.807) is 37.4 Å². The highest BCUT2D eigenvalue weighted by molar-refractivity contribution is 7.90. The molecule has 0 spiro atoms. The molecule has 0 bridgehead atoms. The summed E-state index contributed by atoms with van der Waals surface area (Å²) >= 11 is 0. The molecule has 2 aromatic carbocycles. The number of carbonyl (C=O) groups excluding carboxylic acids is 1. The molecule has 0 aromatic heterocycles. The van der Waals surface area contributed by atoms with E-state index >= 15 is 0 Å². The van der Waals surface area contributed by atoms with Gasteiger partial charge in [0.25, 0.3) is 0 Å². The van der Waals surface area contributed by atoms with Gasteiger partial charge in [0.05, 0.1) is 11.4 Å². The number of rotatable bonds is 7. The molecule has 0 aliphatic carbocycles. The van der Waals surface area contributed by atoms with E-state index < -0.39 is 15.7 Å². The lowest BCUT2D eigenvalue weighted by atomic mass is 10.1. The summed E-state index contributed by atoms with van der Waals surface area (Å²) < 4.78 is 36.0. The van der Waals surface area contributed by atoms with Gasteiger partial charge < -0.3 is 16.0 Å². The fraction of sp³-hybridized carbons (Fsp3) is 0.263. The van der Waals surface area contributed by atoms with Crippen molar-refractivity contribution in [3.05, 3.63) is 59.9 Å². The minimum atomic E-state index is -3.20. The van der Waals surface area contributed by atoms with E-state index in [-0.39, 0.29) is 17.3 Å². The molecule has 0 fully saturated rings. The summed E-state index contributed by atoms with van der Waals surface area (Å²) in [6.45, 7) is 0.517. The maximum Gasteiger partial charge on any atom is 0.243 e. The van der Waals surface area contributed by atoms with Crippen LogP contribution in [-0.4, -0.2) is 46.7 Å². The lowest BCUT2D eigenvalue weighted by molar-refractivity contribution is -0.115. The van der Waals surface area contributed by atoms with Crippen LogP contribution in [0.15, 0.2) is 58.4 Å². The Morgan fingerprint density at radius 3 is 2.43 bits per heavy atom. The normalized spacial score (nSPS) is 11.8. The van der Waals surface area contributed by atoms with Crippen molar-refractivity contribution >= 4 is 27.4 Å². The Kier molecular flexibility index (Phi) is 7.51. The predicted octanol–water partition coefficient (Wildman–Crippen LogP) is 1.58. The fourth-order valence-corrected chi connectivity index (χ4v) is 3.02. The minimum absolute atomic E-state index is 0.0285. The number of nitrogens with one attached hydrogen (secondary N) is 3. The molecule has 0 saturated carbocycles. The van der Waals surface area contributed by atoms with Crippen LogP contribution in [0.2, 0.25) is 0 Å². The van der Waals surface area contributed by atoms with Crippen LogP contribution in [-0.2, 0) is 21.1 Å². The first-order valence-corrected chi connectivity index (χ1v) is 10.5. The third-order valence-electron chi connectivity index (χ3n) is 3.81. The summed E-state index contributed by atoms with van der Waals surface area (Å²) in [5, 5.41) is 8.53. The Labute approximate surface area is 164 Å². The van der Waals surface area contributed by atoms with E-state index in [9.17, 15) is 17.6 Å². The van der Waals surface area contributed by atoms with Crippen molar-refractivity contribution < 1.29 is 17.6 Å². The highest BCUT2D eigenvalue weighted by atomic mass is 32.2. The largest absolute Gasteiger partial charge is 0.356 e. The number of halogens is 1. The average molecular weight is 406 g/mol. The van der Waals surface area contributed by atoms with Gasteiger partial charge in [-0.2, -0.15) is 0 Å². The van der Waals surface area contributed by atoms with Gasteiger partial charge in [-0.3, -0.25) is 9.79 Å². The van der Waals surface area contributed by atoms with Crippen LogP contribution in [0.4, 0.5) is 10.1 Å². The Morgan fingerprint density at radius 1 is 1.11 bits per heavy atom. The van der Waals surface area contributed by atoms with Gasteiger partial charge >= 0.3 is 0 Å². The van der Waals surface area contributed by atoms with Gasteiger partial charge in [-0.15, -0.1) is 0 Å². The number of hydrogen-bond acceptors (Lipinski definition) is 4. The molecular weight excluding hydrogens is 383 g/mol. The van der Waals surface area contributed by atoms with Gasteiger partial charge in [-0.25, -0.2) is 12.8 Å². The Morgan fingerprint density at radius 2 is 1.82 bits per heavy atom.